The largest absolute Gasteiger partial charge is 0.381 e. The van der Waals surface area contributed by atoms with Gasteiger partial charge in [0.2, 0.25) is 0 Å². The summed E-state index contributed by atoms with van der Waals surface area (Å²) in [7, 11) is 0. The molecular formula is C12H22N2OS. The van der Waals surface area contributed by atoms with Crippen LogP contribution in [-0.4, -0.2) is 24.7 Å². The fourth-order valence-corrected chi connectivity index (χ4v) is 2.00. The third-order valence-electron chi connectivity index (χ3n) is 2.25. The van der Waals surface area contributed by atoms with Crippen molar-refractivity contribution in [3.05, 3.63) is 16.6 Å². The highest BCUT2D eigenvalue weighted by Crippen LogP contribution is 2.15. The Morgan fingerprint density at radius 1 is 1.44 bits per heavy atom. The molecule has 1 N–H and O–H groups in total. The van der Waals surface area contributed by atoms with Gasteiger partial charge >= 0.3 is 0 Å². The van der Waals surface area contributed by atoms with E-state index >= 15 is 0 Å². The lowest BCUT2D eigenvalue weighted by molar-refractivity contribution is 0.107. The van der Waals surface area contributed by atoms with Crippen LogP contribution in [-0.2, 0) is 4.74 Å². The number of hydrogen-bond acceptors (Lipinski definition) is 4. The Bertz CT molecular complexity index is 262. The van der Waals surface area contributed by atoms with Crippen LogP contribution >= 0.6 is 11.3 Å². The maximum atomic E-state index is 5.52. The van der Waals surface area contributed by atoms with E-state index in [1.54, 1.807) is 11.3 Å². The van der Waals surface area contributed by atoms with Crippen molar-refractivity contribution < 1.29 is 4.74 Å². The summed E-state index contributed by atoms with van der Waals surface area (Å²) in [6.45, 7) is 9.22. The highest BCUT2D eigenvalue weighted by Gasteiger charge is 2.05. The minimum Gasteiger partial charge on any atom is -0.381 e. The van der Waals surface area contributed by atoms with Crippen LogP contribution in [0.25, 0.3) is 0 Å². The molecule has 1 rings (SSSR count). The summed E-state index contributed by atoms with van der Waals surface area (Å²) in [6, 6.07) is 0.401. The third kappa shape index (κ3) is 5.58. The van der Waals surface area contributed by atoms with Crippen LogP contribution in [0, 0.1) is 5.92 Å². The Morgan fingerprint density at radius 3 is 2.88 bits per heavy atom. The summed E-state index contributed by atoms with van der Waals surface area (Å²) in [6.07, 6.45) is 2.99. The van der Waals surface area contributed by atoms with Crippen molar-refractivity contribution in [3.8, 4) is 0 Å². The minimum absolute atomic E-state index is 0.401. The Hall–Kier alpha value is -0.450. The van der Waals surface area contributed by atoms with E-state index in [0.717, 1.165) is 26.2 Å². The van der Waals surface area contributed by atoms with Gasteiger partial charge in [-0.05, 0) is 25.8 Å². The topological polar surface area (TPSA) is 34.1 Å². The van der Waals surface area contributed by atoms with Gasteiger partial charge in [-0.3, -0.25) is 4.98 Å². The molecule has 16 heavy (non-hydrogen) atoms. The first-order valence-electron chi connectivity index (χ1n) is 5.89. The summed E-state index contributed by atoms with van der Waals surface area (Å²) in [4.78, 5) is 5.37. The van der Waals surface area contributed by atoms with Crippen molar-refractivity contribution in [3.63, 3.8) is 0 Å². The predicted octanol–water partition coefficient (Wildman–Crippen LogP) is 2.86. The van der Waals surface area contributed by atoms with Gasteiger partial charge in [-0.25, -0.2) is 0 Å². The van der Waals surface area contributed by atoms with E-state index in [9.17, 15) is 0 Å². The first-order chi connectivity index (χ1) is 7.70. The van der Waals surface area contributed by atoms with E-state index in [0.29, 0.717) is 12.0 Å². The van der Waals surface area contributed by atoms with Crippen LogP contribution in [0.3, 0.4) is 0 Å². The summed E-state index contributed by atoms with van der Waals surface area (Å²) in [5.41, 5.74) is 1.87. The van der Waals surface area contributed by atoms with Crippen LogP contribution in [0.5, 0.6) is 0 Å². The summed E-state index contributed by atoms with van der Waals surface area (Å²) >= 11 is 1.70. The summed E-state index contributed by atoms with van der Waals surface area (Å²) in [5.74, 6) is 0.629. The molecule has 1 heterocycles. The molecule has 0 saturated heterocycles. The van der Waals surface area contributed by atoms with E-state index in [-0.39, 0.29) is 0 Å². The van der Waals surface area contributed by atoms with Crippen LogP contribution in [0.2, 0.25) is 0 Å². The van der Waals surface area contributed by atoms with E-state index in [1.807, 2.05) is 11.7 Å². The molecule has 4 heteroatoms. The molecule has 0 radical (unpaired) electrons. The van der Waals surface area contributed by atoms with Gasteiger partial charge in [-0.1, -0.05) is 13.8 Å². The van der Waals surface area contributed by atoms with Crippen LogP contribution in [0.1, 0.15) is 38.1 Å². The van der Waals surface area contributed by atoms with E-state index < -0.39 is 0 Å². The monoisotopic (exact) mass is 242 g/mol. The lowest BCUT2D eigenvalue weighted by Gasteiger charge is -2.12. The molecule has 0 aromatic carbocycles. The second-order valence-corrected chi connectivity index (χ2v) is 5.32. The van der Waals surface area contributed by atoms with Gasteiger partial charge in [0.25, 0.3) is 0 Å². The van der Waals surface area contributed by atoms with E-state index in [4.69, 9.17) is 4.74 Å². The molecule has 0 aliphatic carbocycles. The van der Waals surface area contributed by atoms with Crippen molar-refractivity contribution in [1.82, 2.24) is 10.3 Å². The van der Waals surface area contributed by atoms with E-state index in [1.165, 1.54) is 4.88 Å². The van der Waals surface area contributed by atoms with Crippen LogP contribution in [0.4, 0.5) is 0 Å². The van der Waals surface area contributed by atoms with Gasteiger partial charge in [0, 0.05) is 30.3 Å². The average molecular weight is 242 g/mol. The number of hydrogen-bond donors (Lipinski definition) is 1. The molecule has 0 spiro atoms. The molecule has 3 nitrogen and oxygen atoms in total. The SMILES string of the molecule is CC(C)COCCCNC(C)c1cncs1. The van der Waals surface area contributed by atoms with Gasteiger partial charge in [0.1, 0.15) is 0 Å². The highest BCUT2D eigenvalue weighted by atomic mass is 32.1. The Morgan fingerprint density at radius 2 is 2.25 bits per heavy atom. The standard InChI is InChI=1S/C12H22N2OS/c1-10(2)8-15-6-4-5-14-11(3)12-7-13-9-16-12/h7,9-11,14H,4-6,8H2,1-3H3. The molecular weight excluding hydrogens is 220 g/mol. The second-order valence-electron chi connectivity index (χ2n) is 4.40. The molecule has 92 valence electrons. The average Bonchev–Trinajstić information content (AvgIpc) is 2.75. The van der Waals surface area contributed by atoms with Gasteiger partial charge in [-0.2, -0.15) is 0 Å². The zero-order valence-corrected chi connectivity index (χ0v) is 11.2. The van der Waals surface area contributed by atoms with Crippen molar-refractivity contribution in [2.75, 3.05) is 19.8 Å². The molecule has 1 unspecified atom stereocenters. The lowest BCUT2D eigenvalue weighted by atomic mass is 10.2. The first-order valence-corrected chi connectivity index (χ1v) is 6.77. The number of nitrogens with one attached hydrogen (secondary N) is 1. The van der Waals surface area contributed by atoms with Gasteiger partial charge in [0.15, 0.2) is 0 Å². The normalized spacial score (nSPS) is 13.2. The molecule has 0 aliphatic rings. The fourth-order valence-electron chi connectivity index (χ4n) is 1.35. The van der Waals surface area contributed by atoms with Crippen molar-refractivity contribution >= 4 is 11.3 Å². The third-order valence-corrected chi connectivity index (χ3v) is 3.20. The smallest absolute Gasteiger partial charge is 0.0794 e. The molecule has 0 amide bonds. The molecule has 1 atom stereocenters. The number of rotatable bonds is 8. The zero-order valence-electron chi connectivity index (χ0n) is 10.4. The first kappa shape index (κ1) is 13.6. The van der Waals surface area contributed by atoms with Crippen molar-refractivity contribution in [1.29, 1.82) is 0 Å². The van der Waals surface area contributed by atoms with Crippen LogP contribution < -0.4 is 5.32 Å². The minimum atomic E-state index is 0.401. The number of aromatic nitrogens is 1. The van der Waals surface area contributed by atoms with E-state index in [2.05, 4.69) is 31.1 Å². The predicted molar refractivity (Wildman–Crippen MR) is 68.8 cm³/mol. The maximum Gasteiger partial charge on any atom is 0.0794 e. The van der Waals surface area contributed by atoms with Crippen molar-refractivity contribution in [2.45, 2.75) is 33.2 Å². The molecule has 0 fully saturated rings. The molecule has 0 saturated carbocycles. The number of thiazole rings is 1. The molecule has 1 aromatic rings. The number of ether oxygens (including phenoxy) is 1. The molecule has 0 aliphatic heterocycles. The van der Waals surface area contributed by atoms with Crippen molar-refractivity contribution in [2.24, 2.45) is 5.92 Å². The fraction of sp³-hybridized carbons (Fsp3) is 0.750. The van der Waals surface area contributed by atoms with Gasteiger partial charge in [-0.15, -0.1) is 11.3 Å². The van der Waals surface area contributed by atoms with Gasteiger partial charge in [0.05, 0.1) is 5.51 Å². The molecule has 0 bridgehead atoms. The summed E-state index contributed by atoms with van der Waals surface area (Å²) in [5, 5.41) is 3.46. The van der Waals surface area contributed by atoms with Gasteiger partial charge < -0.3 is 10.1 Å². The lowest BCUT2D eigenvalue weighted by Crippen LogP contribution is -2.20. The second kappa shape index (κ2) is 7.76. The highest BCUT2D eigenvalue weighted by molar-refractivity contribution is 7.09. The summed E-state index contributed by atoms with van der Waals surface area (Å²) < 4.78 is 5.52. The quantitative estimate of drug-likeness (QED) is 0.712. The Balaban J connectivity index is 1.99. The number of nitrogens with zero attached hydrogens (tertiary/aromatic N) is 1. The Kier molecular flexibility index (Phi) is 6.61. The maximum absolute atomic E-state index is 5.52. The molecule has 1 aromatic heterocycles. The Labute approximate surface area is 102 Å². The van der Waals surface area contributed by atoms with Crippen LogP contribution in [0.15, 0.2) is 11.7 Å². The zero-order chi connectivity index (χ0) is 11.8.